The van der Waals surface area contributed by atoms with Gasteiger partial charge in [-0.25, -0.2) is 0 Å². The predicted molar refractivity (Wildman–Crippen MR) is 89.3 cm³/mol. The van der Waals surface area contributed by atoms with Crippen LogP contribution < -0.4 is 5.32 Å². The Bertz CT molecular complexity index is 525. The van der Waals surface area contributed by atoms with Crippen LogP contribution in [-0.2, 0) is 4.79 Å². The minimum Gasteiger partial charge on any atom is -0.361 e. The molecule has 0 bridgehead atoms. The molecule has 1 N–H and O–H groups in total. The van der Waals surface area contributed by atoms with E-state index in [2.05, 4.69) is 45.1 Å². The molecule has 1 saturated carbocycles. The highest BCUT2D eigenvalue weighted by molar-refractivity contribution is 5.96. The standard InChI is InChI=1S/C19H27NO/c1-5-19(3,4)16-8-11-18(21)15(12-16)13-20-17-9-6-14(2)7-10-17/h6-7,9-10,13,16,20H,5,8,11-12H2,1-4H3/b15-13+/t16-/m0/s1. The number of allylic oxidation sites excluding steroid dienone is 1. The predicted octanol–water partition coefficient (Wildman–Crippen LogP) is 5.10. The minimum atomic E-state index is 0.303. The van der Waals surface area contributed by atoms with Crippen LogP contribution in [0.4, 0.5) is 5.69 Å². The molecule has 2 heteroatoms. The average Bonchev–Trinajstić information content (AvgIpc) is 2.48. The fourth-order valence-corrected chi connectivity index (χ4v) is 2.86. The highest BCUT2D eigenvalue weighted by atomic mass is 16.1. The zero-order valence-electron chi connectivity index (χ0n) is 13.7. The Morgan fingerprint density at radius 2 is 1.95 bits per heavy atom. The molecule has 0 heterocycles. The Morgan fingerprint density at radius 3 is 2.57 bits per heavy atom. The molecule has 1 aromatic rings. The van der Waals surface area contributed by atoms with Crippen molar-refractivity contribution >= 4 is 11.5 Å². The topological polar surface area (TPSA) is 29.1 Å². The molecule has 21 heavy (non-hydrogen) atoms. The largest absolute Gasteiger partial charge is 0.361 e. The van der Waals surface area contributed by atoms with E-state index < -0.39 is 0 Å². The van der Waals surface area contributed by atoms with Crippen LogP contribution in [0.2, 0.25) is 0 Å². The number of carbonyl (C=O) groups is 1. The first-order valence-corrected chi connectivity index (χ1v) is 7.98. The highest BCUT2D eigenvalue weighted by Gasteiger charge is 2.33. The molecule has 1 fully saturated rings. The lowest BCUT2D eigenvalue weighted by atomic mass is 9.68. The molecule has 1 atom stereocenters. The van der Waals surface area contributed by atoms with Crippen LogP contribution in [0.1, 0.15) is 52.0 Å². The first-order chi connectivity index (χ1) is 9.92. The number of Topliss-reactive ketones (excluding diaryl/α,β-unsaturated/α-hetero) is 1. The van der Waals surface area contributed by atoms with E-state index in [-0.39, 0.29) is 0 Å². The van der Waals surface area contributed by atoms with E-state index in [9.17, 15) is 4.79 Å². The molecule has 0 saturated heterocycles. The van der Waals surface area contributed by atoms with Crippen LogP contribution >= 0.6 is 0 Å². The number of nitrogens with one attached hydrogen (secondary N) is 1. The molecule has 0 radical (unpaired) electrons. The van der Waals surface area contributed by atoms with Crippen molar-refractivity contribution in [1.29, 1.82) is 0 Å². The molecular formula is C19H27NO. The van der Waals surface area contributed by atoms with Crippen LogP contribution in [0.25, 0.3) is 0 Å². The Labute approximate surface area is 128 Å². The summed E-state index contributed by atoms with van der Waals surface area (Å²) in [5, 5.41) is 3.28. The van der Waals surface area contributed by atoms with E-state index >= 15 is 0 Å². The van der Waals surface area contributed by atoms with Crippen molar-refractivity contribution < 1.29 is 4.79 Å². The Balaban J connectivity index is 2.07. The van der Waals surface area contributed by atoms with Gasteiger partial charge in [-0.2, -0.15) is 0 Å². The number of hydrogen-bond donors (Lipinski definition) is 1. The van der Waals surface area contributed by atoms with Gasteiger partial charge in [0.15, 0.2) is 5.78 Å². The van der Waals surface area contributed by atoms with Crippen molar-refractivity contribution in [3.8, 4) is 0 Å². The Hall–Kier alpha value is -1.57. The van der Waals surface area contributed by atoms with Crippen molar-refractivity contribution in [2.45, 2.75) is 53.4 Å². The van der Waals surface area contributed by atoms with Crippen LogP contribution in [0.15, 0.2) is 36.0 Å². The maximum absolute atomic E-state index is 12.1. The van der Waals surface area contributed by atoms with Gasteiger partial charge in [-0.15, -0.1) is 0 Å². The molecule has 2 nitrogen and oxygen atoms in total. The van der Waals surface area contributed by atoms with Gasteiger partial charge in [0, 0.05) is 23.9 Å². The third-order valence-electron chi connectivity index (χ3n) is 5.03. The molecule has 0 unspecified atom stereocenters. The lowest BCUT2D eigenvalue weighted by Crippen LogP contribution is -2.29. The third kappa shape index (κ3) is 3.96. The number of hydrogen-bond acceptors (Lipinski definition) is 2. The first kappa shape index (κ1) is 15.8. The van der Waals surface area contributed by atoms with Crippen LogP contribution in [0.3, 0.4) is 0 Å². The van der Waals surface area contributed by atoms with E-state index in [4.69, 9.17) is 0 Å². The maximum Gasteiger partial charge on any atom is 0.160 e. The molecule has 1 aliphatic carbocycles. The summed E-state index contributed by atoms with van der Waals surface area (Å²) in [5.74, 6) is 0.907. The van der Waals surface area contributed by atoms with Gasteiger partial charge in [0.25, 0.3) is 0 Å². The molecule has 2 rings (SSSR count). The van der Waals surface area contributed by atoms with Gasteiger partial charge in [0.05, 0.1) is 0 Å². The Kier molecular flexibility index (Phi) is 4.87. The van der Waals surface area contributed by atoms with Gasteiger partial charge in [-0.1, -0.05) is 44.9 Å². The summed E-state index contributed by atoms with van der Waals surface area (Å²) < 4.78 is 0. The summed E-state index contributed by atoms with van der Waals surface area (Å²) in [6.07, 6.45) is 5.70. The number of ketones is 1. The normalized spacial score (nSPS) is 21.6. The van der Waals surface area contributed by atoms with E-state index in [1.54, 1.807) is 0 Å². The highest BCUT2D eigenvalue weighted by Crippen LogP contribution is 2.41. The molecule has 0 amide bonds. The molecule has 1 aromatic carbocycles. The van der Waals surface area contributed by atoms with E-state index in [0.29, 0.717) is 23.5 Å². The second kappa shape index (κ2) is 6.46. The maximum atomic E-state index is 12.1. The number of benzene rings is 1. The van der Waals surface area contributed by atoms with Gasteiger partial charge in [0.2, 0.25) is 0 Å². The lowest BCUT2D eigenvalue weighted by molar-refractivity contribution is -0.117. The minimum absolute atomic E-state index is 0.303. The summed E-state index contributed by atoms with van der Waals surface area (Å²) in [6, 6.07) is 8.25. The second-order valence-corrected chi connectivity index (χ2v) is 6.88. The molecular weight excluding hydrogens is 258 g/mol. The number of carbonyl (C=O) groups excluding carboxylic acids is 1. The van der Waals surface area contributed by atoms with Crippen molar-refractivity contribution in [3.05, 3.63) is 41.6 Å². The van der Waals surface area contributed by atoms with Gasteiger partial charge in [-0.05, 0) is 43.2 Å². The monoisotopic (exact) mass is 285 g/mol. The third-order valence-corrected chi connectivity index (χ3v) is 5.03. The van der Waals surface area contributed by atoms with Crippen LogP contribution in [0, 0.1) is 18.3 Å². The fraction of sp³-hybridized carbons (Fsp3) is 0.526. The van der Waals surface area contributed by atoms with Crippen LogP contribution in [0.5, 0.6) is 0 Å². The van der Waals surface area contributed by atoms with Gasteiger partial charge < -0.3 is 5.32 Å². The van der Waals surface area contributed by atoms with Crippen molar-refractivity contribution in [3.63, 3.8) is 0 Å². The van der Waals surface area contributed by atoms with Gasteiger partial charge in [-0.3, -0.25) is 4.79 Å². The smallest absolute Gasteiger partial charge is 0.160 e. The average molecular weight is 285 g/mol. The molecule has 0 aliphatic heterocycles. The number of anilines is 1. The number of rotatable bonds is 4. The zero-order valence-corrected chi connectivity index (χ0v) is 13.7. The molecule has 114 valence electrons. The number of aryl methyl sites for hydroxylation is 1. The SMILES string of the molecule is CCC(C)(C)[C@H]1CCC(=O)/C(=C/Nc2ccc(C)cc2)C1. The molecule has 1 aliphatic rings. The van der Waals surface area contributed by atoms with Crippen molar-refractivity contribution in [1.82, 2.24) is 0 Å². The van der Waals surface area contributed by atoms with E-state index in [1.165, 1.54) is 5.56 Å². The zero-order chi connectivity index (χ0) is 15.5. The Morgan fingerprint density at radius 1 is 1.29 bits per heavy atom. The fourth-order valence-electron chi connectivity index (χ4n) is 2.86. The molecule has 0 spiro atoms. The summed E-state index contributed by atoms with van der Waals surface area (Å²) in [4.78, 5) is 12.1. The van der Waals surface area contributed by atoms with E-state index in [1.807, 2.05) is 18.3 Å². The summed E-state index contributed by atoms with van der Waals surface area (Å²) in [5.41, 5.74) is 3.54. The van der Waals surface area contributed by atoms with Crippen molar-refractivity contribution in [2.24, 2.45) is 11.3 Å². The first-order valence-electron chi connectivity index (χ1n) is 7.98. The quantitative estimate of drug-likeness (QED) is 0.780. The molecule has 0 aromatic heterocycles. The summed E-state index contributed by atoms with van der Waals surface area (Å²) >= 11 is 0. The van der Waals surface area contributed by atoms with Crippen molar-refractivity contribution in [2.75, 3.05) is 5.32 Å². The van der Waals surface area contributed by atoms with Crippen LogP contribution in [-0.4, -0.2) is 5.78 Å². The summed E-state index contributed by atoms with van der Waals surface area (Å²) in [6.45, 7) is 8.95. The van der Waals surface area contributed by atoms with E-state index in [0.717, 1.165) is 30.5 Å². The van der Waals surface area contributed by atoms with Gasteiger partial charge >= 0.3 is 0 Å². The summed E-state index contributed by atoms with van der Waals surface area (Å²) in [7, 11) is 0. The van der Waals surface area contributed by atoms with Gasteiger partial charge in [0.1, 0.15) is 0 Å². The second-order valence-electron chi connectivity index (χ2n) is 6.88. The lowest BCUT2D eigenvalue weighted by Gasteiger charge is -2.36.